The number of piperazine rings is 2. The van der Waals surface area contributed by atoms with Crippen LogP contribution in [0.2, 0.25) is 5.02 Å². The number of benzene rings is 4. The molecule has 17 heteroatoms. The number of ether oxygens (including phenoxy) is 1. The SMILES string of the molecule is CN1CCN(Nc2ccc(S(=O)(=O)NC(=O)c3ccc(N4CCN(CC5=C(c6ccc(Cl)cc6)CCC(O)C5)CC4)cc3Oc3ccc4[nH]ccc4c3)cc2[N+](=O)[O-])CC1. The van der Waals surface area contributed by atoms with Crippen molar-refractivity contribution in [3.8, 4) is 11.5 Å². The highest BCUT2D eigenvalue weighted by atomic mass is 35.5. The van der Waals surface area contributed by atoms with Crippen LogP contribution in [-0.4, -0.2) is 116 Å². The highest BCUT2D eigenvalue weighted by Crippen LogP contribution is 2.36. The molecule has 314 valence electrons. The number of likely N-dealkylation sites (N-methyl/N-ethyl adjacent to an activating group) is 1. The molecule has 4 aromatic carbocycles. The molecule has 0 bridgehead atoms. The van der Waals surface area contributed by atoms with Gasteiger partial charge in [-0.2, -0.15) is 0 Å². The molecule has 2 fully saturated rings. The molecule has 1 aliphatic carbocycles. The number of allylic oxidation sites excluding steroid dienone is 1. The van der Waals surface area contributed by atoms with Crippen LogP contribution in [0.25, 0.3) is 16.5 Å². The molecule has 1 amide bonds. The van der Waals surface area contributed by atoms with Crippen LogP contribution < -0.4 is 19.8 Å². The molecule has 60 heavy (non-hydrogen) atoms. The lowest BCUT2D eigenvalue weighted by molar-refractivity contribution is -0.384. The number of hydrazine groups is 1. The van der Waals surface area contributed by atoms with Gasteiger partial charge in [0.25, 0.3) is 21.6 Å². The Labute approximate surface area is 353 Å². The number of rotatable bonds is 12. The number of aromatic amines is 1. The van der Waals surface area contributed by atoms with Crippen molar-refractivity contribution in [2.24, 2.45) is 0 Å². The third kappa shape index (κ3) is 9.44. The number of nitrogens with zero attached hydrogens (tertiary/aromatic N) is 5. The molecular formula is C43H47ClN8O7S. The minimum absolute atomic E-state index is 0.0319. The fourth-order valence-electron chi connectivity index (χ4n) is 8.04. The first-order valence-electron chi connectivity index (χ1n) is 20.0. The molecule has 0 radical (unpaired) electrons. The van der Waals surface area contributed by atoms with Gasteiger partial charge in [-0.1, -0.05) is 23.7 Å². The number of aliphatic hydroxyl groups is 1. The Kier molecular flexibility index (Phi) is 12.1. The average molecular weight is 855 g/mol. The minimum atomic E-state index is -4.56. The highest BCUT2D eigenvalue weighted by Gasteiger charge is 2.29. The van der Waals surface area contributed by atoms with E-state index in [1.807, 2.05) is 60.7 Å². The van der Waals surface area contributed by atoms with Gasteiger partial charge in [0.2, 0.25) is 0 Å². The number of nitro benzene ring substituents is 1. The number of hydrogen-bond acceptors (Lipinski definition) is 12. The number of aliphatic hydroxyl groups excluding tert-OH is 1. The molecule has 0 saturated carbocycles. The lowest BCUT2D eigenvalue weighted by Gasteiger charge is -2.38. The molecule has 1 unspecified atom stereocenters. The van der Waals surface area contributed by atoms with Gasteiger partial charge in [0.15, 0.2) is 0 Å². The molecule has 3 heterocycles. The van der Waals surface area contributed by atoms with Crippen molar-refractivity contribution >= 4 is 61.1 Å². The number of carbonyl (C=O) groups excluding carboxylic acids is 1. The van der Waals surface area contributed by atoms with E-state index in [1.165, 1.54) is 29.3 Å². The number of nitro groups is 1. The minimum Gasteiger partial charge on any atom is -0.456 e. The summed E-state index contributed by atoms with van der Waals surface area (Å²) in [5.41, 5.74) is 8.05. The van der Waals surface area contributed by atoms with Crippen molar-refractivity contribution in [2.45, 2.75) is 30.3 Å². The number of anilines is 2. The molecule has 1 atom stereocenters. The lowest BCUT2D eigenvalue weighted by Crippen LogP contribution is -2.47. The third-order valence-corrected chi connectivity index (χ3v) is 13.0. The van der Waals surface area contributed by atoms with Gasteiger partial charge in [-0.25, -0.2) is 18.1 Å². The molecule has 2 aliphatic heterocycles. The van der Waals surface area contributed by atoms with Gasteiger partial charge in [0.05, 0.1) is 21.5 Å². The number of fused-ring (bicyclic) bond motifs is 1. The van der Waals surface area contributed by atoms with Crippen LogP contribution in [0.5, 0.6) is 11.5 Å². The van der Waals surface area contributed by atoms with Gasteiger partial charge in [-0.3, -0.25) is 19.8 Å². The zero-order chi connectivity index (χ0) is 42.0. The van der Waals surface area contributed by atoms with Gasteiger partial charge in [0, 0.05) is 98.8 Å². The number of carbonyl (C=O) groups is 1. The standard InChI is InChI=1S/C43H47ClN8O7S/c1-48-16-22-51(23-17-48)46-40-13-9-36(27-41(40)52(55)56)60(57,58)47-43(54)38-10-6-33(26-42(38)59-35-8-12-39-30(25-35)14-15-45-39)50-20-18-49(19-21-50)28-31-24-34(53)7-11-37(31)29-2-4-32(44)5-3-29/h2-6,8-10,12-15,25-27,34,45-46,53H,7,11,16-24,28H2,1H3,(H,47,54). The Morgan fingerprint density at radius 2 is 1.72 bits per heavy atom. The van der Waals surface area contributed by atoms with Crippen LogP contribution in [-0.2, 0) is 10.0 Å². The number of amides is 1. The normalized spacial score (nSPS) is 18.4. The number of hydrogen-bond donors (Lipinski definition) is 4. The van der Waals surface area contributed by atoms with Gasteiger partial charge < -0.3 is 30.1 Å². The molecule has 2 saturated heterocycles. The van der Waals surface area contributed by atoms with Crippen LogP contribution in [0.4, 0.5) is 17.1 Å². The second-order valence-electron chi connectivity index (χ2n) is 15.5. The van der Waals surface area contributed by atoms with Crippen LogP contribution >= 0.6 is 11.6 Å². The summed E-state index contributed by atoms with van der Waals surface area (Å²) >= 11 is 6.17. The van der Waals surface area contributed by atoms with E-state index < -0.39 is 31.4 Å². The fourth-order valence-corrected chi connectivity index (χ4v) is 9.15. The molecule has 5 aromatic rings. The molecule has 1 aromatic heterocycles. The summed E-state index contributed by atoms with van der Waals surface area (Å²) in [5.74, 6) is -0.366. The van der Waals surface area contributed by atoms with E-state index >= 15 is 0 Å². The zero-order valence-electron chi connectivity index (χ0n) is 33.1. The molecule has 15 nitrogen and oxygen atoms in total. The molecular weight excluding hydrogens is 808 g/mol. The van der Waals surface area contributed by atoms with Crippen molar-refractivity contribution < 1.29 is 28.0 Å². The predicted molar refractivity (Wildman–Crippen MR) is 232 cm³/mol. The number of H-pyrrole nitrogens is 1. The maximum Gasteiger partial charge on any atom is 0.295 e. The van der Waals surface area contributed by atoms with E-state index in [0.717, 1.165) is 73.8 Å². The Bertz CT molecular complexity index is 2530. The van der Waals surface area contributed by atoms with Gasteiger partial charge in [-0.15, -0.1) is 0 Å². The fraction of sp³-hybridized carbons (Fsp3) is 0.326. The number of nitrogens with one attached hydrogen (secondary N) is 3. The van der Waals surface area contributed by atoms with Crippen molar-refractivity contribution in [3.05, 3.63) is 123 Å². The smallest absolute Gasteiger partial charge is 0.295 e. The Balaban J connectivity index is 1.01. The van der Waals surface area contributed by atoms with E-state index in [2.05, 4.69) is 29.8 Å². The molecule has 0 spiro atoms. The summed E-state index contributed by atoms with van der Waals surface area (Å²) in [6.07, 6.45) is 3.60. The van der Waals surface area contributed by atoms with Crippen LogP contribution in [0, 0.1) is 10.1 Å². The predicted octanol–water partition coefficient (Wildman–Crippen LogP) is 6.34. The Hall–Kier alpha value is -5.49. The topological polar surface area (TPSA) is 177 Å². The van der Waals surface area contributed by atoms with Gasteiger partial charge >= 0.3 is 0 Å². The molecule has 4 N–H and O–H groups in total. The maximum atomic E-state index is 13.9. The van der Waals surface area contributed by atoms with E-state index in [9.17, 15) is 28.4 Å². The average Bonchev–Trinajstić information content (AvgIpc) is 3.70. The molecule has 3 aliphatic rings. The van der Waals surface area contributed by atoms with Crippen molar-refractivity contribution in [1.29, 1.82) is 0 Å². The lowest BCUT2D eigenvalue weighted by atomic mass is 9.85. The van der Waals surface area contributed by atoms with E-state index in [1.54, 1.807) is 18.2 Å². The second-order valence-corrected chi connectivity index (χ2v) is 17.6. The van der Waals surface area contributed by atoms with Gasteiger partial charge in [0.1, 0.15) is 17.2 Å². The Morgan fingerprint density at radius 3 is 2.47 bits per heavy atom. The maximum absolute atomic E-state index is 13.9. The third-order valence-electron chi connectivity index (χ3n) is 11.4. The quantitative estimate of drug-likeness (QED) is 0.0812. The summed E-state index contributed by atoms with van der Waals surface area (Å²) in [6, 6.07) is 23.8. The summed E-state index contributed by atoms with van der Waals surface area (Å²) in [5, 5.41) is 26.1. The first-order chi connectivity index (χ1) is 28.9. The van der Waals surface area contributed by atoms with Crippen molar-refractivity contribution in [3.63, 3.8) is 0 Å². The van der Waals surface area contributed by atoms with E-state index in [0.29, 0.717) is 43.4 Å². The zero-order valence-corrected chi connectivity index (χ0v) is 34.7. The van der Waals surface area contributed by atoms with Crippen LogP contribution in [0.1, 0.15) is 35.2 Å². The van der Waals surface area contributed by atoms with E-state index in [-0.39, 0.29) is 23.1 Å². The molecule has 8 rings (SSSR count). The monoisotopic (exact) mass is 854 g/mol. The summed E-state index contributed by atoms with van der Waals surface area (Å²) in [6.45, 7) is 6.39. The van der Waals surface area contributed by atoms with Gasteiger partial charge in [-0.05, 0) is 104 Å². The number of sulfonamides is 1. The first-order valence-corrected chi connectivity index (χ1v) is 21.8. The summed E-state index contributed by atoms with van der Waals surface area (Å²) in [7, 11) is -2.57. The summed E-state index contributed by atoms with van der Waals surface area (Å²) < 4.78 is 35.8. The Morgan fingerprint density at radius 1 is 0.950 bits per heavy atom. The van der Waals surface area contributed by atoms with Crippen LogP contribution in [0.3, 0.4) is 0 Å². The van der Waals surface area contributed by atoms with Crippen molar-refractivity contribution in [1.82, 2.24) is 24.5 Å². The first kappa shape index (κ1) is 41.3. The van der Waals surface area contributed by atoms with Crippen molar-refractivity contribution in [2.75, 3.05) is 76.3 Å². The summed E-state index contributed by atoms with van der Waals surface area (Å²) in [4.78, 5) is 34.8. The van der Waals surface area contributed by atoms with Crippen LogP contribution in [0.15, 0.2) is 102 Å². The number of halogens is 1. The second kappa shape index (κ2) is 17.6. The highest BCUT2D eigenvalue weighted by molar-refractivity contribution is 7.90. The largest absolute Gasteiger partial charge is 0.456 e. The van der Waals surface area contributed by atoms with E-state index in [4.69, 9.17) is 16.3 Å². The number of aromatic nitrogens is 1.